The van der Waals surface area contributed by atoms with Crippen molar-refractivity contribution in [2.45, 2.75) is 64.0 Å². The molecule has 0 saturated heterocycles. The van der Waals surface area contributed by atoms with E-state index in [1.165, 1.54) is 38.5 Å². The van der Waals surface area contributed by atoms with E-state index in [1.807, 2.05) is 0 Å². The normalized spacial score (nSPS) is 21.5. The number of hydrogen-bond donors (Lipinski definition) is 1. The summed E-state index contributed by atoms with van der Waals surface area (Å²) < 4.78 is 0. The van der Waals surface area contributed by atoms with Gasteiger partial charge in [-0.1, -0.05) is 25.7 Å². The summed E-state index contributed by atoms with van der Waals surface area (Å²) in [4.78, 5) is 0. The van der Waals surface area contributed by atoms with Crippen LogP contribution in [0.2, 0.25) is 0 Å². The van der Waals surface area contributed by atoms with Crippen LogP contribution >= 0.6 is 11.6 Å². The van der Waals surface area contributed by atoms with Crippen LogP contribution in [-0.4, -0.2) is 17.5 Å². The van der Waals surface area contributed by atoms with E-state index >= 15 is 0 Å². The maximum atomic E-state index is 5.89. The molecule has 2 heteroatoms. The molecule has 0 spiro atoms. The molecule has 0 bridgehead atoms. The average Bonchev–Trinajstić information content (AvgIpc) is 2.32. The summed E-state index contributed by atoms with van der Waals surface area (Å²) in [7, 11) is 0. The van der Waals surface area contributed by atoms with E-state index in [9.17, 15) is 0 Å². The van der Waals surface area contributed by atoms with Gasteiger partial charge in [-0.25, -0.2) is 0 Å². The zero-order chi connectivity index (χ0) is 9.73. The molecule has 0 aromatic rings. The molecule has 1 fully saturated rings. The minimum absolute atomic E-state index is 0.108. The molecule has 0 aromatic carbocycles. The lowest BCUT2D eigenvalue weighted by Gasteiger charge is -2.29. The molecule has 0 radical (unpaired) electrons. The maximum Gasteiger partial charge on any atom is 0.0400 e. The quantitative estimate of drug-likeness (QED) is 0.548. The van der Waals surface area contributed by atoms with Crippen molar-refractivity contribution in [1.82, 2.24) is 5.32 Å². The van der Waals surface area contributed by atoms with Gasteiger partial charge in [-0.2, -0.15) is 0 Å². The van der Waals surface area contributed by atoms with Crippen LogP contribution in [0.1, 0.15) is 52.4 Å². The van der Waals surface area contributed by atoms with Gasteiger partial charge in [0.2, 0.25) is 0 Å². The number of hydrogen-bond acceptors (Lipinski definition) is 1. The van der Waals surface area contributed by atoms with Crippen LogP contribution in [0.15, 0.2) is 0 Å². The maximum absolute atomic E-state index is 5.89. The van der Waals surface area contributed by atoms with Gasteiger partial charge in [-0.15, -0.1) is 11.6 Å². The predicted molar refractivity (Wildman–Crippen MR) is 59.4 cm³/mol. The van der Waals surface area contributed by atoms with Crippen molar-refractivity contribution in [3.63, 3.8) is 0 Å². The smallest absolute Gasteiger partial charge is 0.0400 e. The summed E-state index contributed by atoms with van der Waals surface area (Å²) in [5.41, 5.74) is 0.108. The van der Waals surface area contributed by atoms with Crippen molar-refractivity contribution in [3.8, 4) is 0 Å². The number of alkyl halides is 1. The molecule has 0 atom stereocenters. The second-order valence-corrected chi connectivity index (χ2v) is 5.12. The highest BCUT2D eigenvalue weighted by molar-refractivity contribution is 6.18. The highest BCUT2D eigenvalue weighted by atomic mass is 35.5. The summed E-state index contributed by atoms with van der Waals surface area (Å²) >= 11 is 5.89. The highest BCUT2D eigenvalue weighted by Crippen LogP contribution is 2.19. The summed E-state index contributed by atoms with van der Waals surface area (Å²) in [6.07, 6.45) is 8.27. The van der Waals surface area contributed by atoms with Crippen molar-refractivity contribution in [2.75, 3.05) is 5.88 Å². The number of nitrogens with one attached hydrogen (secondary N) is 1. The fraction of sp³-hybridized carbons (Fsp3) is 1.00. The van der Waals surface area contributed by atoms with Crippen LogP contribution < -0.4 is 5.32 Å². The Morgan fingerprint density at radius 3 is 2.15 bits per heavy atom. The molecule has 0 aromatic heterocycles. The van der Waals surface area contributed by atoms with Crippen LogP contribution in [-0.2, 0) is 0 Å². The zero-order valence-corrected chi connectivity index (χ0v) is 9.66. The molecule has 1 rings (SSSR count). The molecule has 1 aliphatic carbocycles. The Morgan fingerprint density at radius 2 is 1.69 bits per heavy atom. The lowest BCUT2D eigenvalue weighted by atomic mass is 10.0. The van der Waals surface area contributed by atoms with E-state index in [1.54, 1.807) is 0 Å². The van der Waals surface area contributed by atoms with Crippen LogP contribution in [0.4, 0.5) is 0 Å². The molecule has 0 amide bonds. The molecule has 1 aliphatic rings. The fourth-order valence-corrected chi connectivity index (χ4v) is 2.09. The molecule has 0 heterocycles. The fourth-order valence-electron chi connectivity index (χ4n) is 2.01. The minimum atomic E-state index is 0.108. The third kappa shape index (κ3) is 4.33. The third-order valence-corrected chi connectivity index (χ3v) is 3.45. The summed E-state index contributed by atoms with van der Waals surface area (Å²) in [6, 6.07) is 0.705. The van der Waals surface area contributed by atoms with Crippen molar-refractivity contribution in [2.24, 2.45) is 0 Å². The monoisotopic (exact) mass is 203 g/mol. The average molecular weight is 204 g/mol. The van der Waals surface area contributed by atoms with Gasteiger partial charge in [0, 0.05) is 17.5 Å². The Balaban J connectivity index is 2.33. The number of halogens is 1. The lowest BCUT2D eigenvalue weighted by molar-refractivity contribution is 0.338. The van der Waals surface area contributed by atoms with Gasteiger partial charge in [0.05, 0.1) is 0 Å². The van der Waals surface area contributed by atoms with Gasteiger partial charge in [0.15, 0.2) is 0 Å². The Morgan fingerprint density at radius 1 is 1.15 bits per heavy atom. The Hall–Kier alpha value is 0.250. The number of rotatable bonds is 3. The summed E-state index contributed by atoms with van der Waals surface area (Å²) in [6.45, 7) is 4.37. The molecule has 1 saturated carbocycles. The molecule has 1 N–H and O–H groups in total. The zero-order valence-electron chi connectivity index (χ0n) is 8.91. The van der Waals surface area contributed by atoms with Crippen LogP contribution in [0.3, 0.4) is 0 Å². The molecule has 78 valence electrons. The lowest BCUT2D eigenvalue weighted by Crippen LogP contribution is -2.47. The van der Waals surface area contributed by atoms with Gasteiger partial charge in [0.1, 0.15) is 0 Å². The Bertz CT molecular complexity index is 137. The van der Waals surface area contributed by atoms with Crippen LogP contribution in [0.25, 0.3) is 0 Å². The van der Waals surface area contributed by atoms with E-state index in [4.69, 9.17) is 11.6 Å². The van der Waals surface area contributed by atoms with E-state index in [0.29, 0.717) is 11.9 Å². The first-order valence-corrected chi connectivity index (χ1v) is 6.01. The van der Waals surface area contributed by atoms with Gasteiger partial charge < -0.3 is 5.32 Å². The largest absolute Gasteiger partial charge is 0.308 e. The highest BCUT2D eigenvalue weighted by Gasteiger charge is 2.21. The molecular formula is C11H22ClN. The van der Waals surface area contributed by atoms with Crippen LogP contribution in [0.5, 0.6) is 0 Å². The molecule has 0 unspecified atom stereocenters. The van der Waals surface area contributed by atoms with E-state index in [2.05, 4.69) is 19.2 Å². The van der Waals surface area contributed by atoms with Crippen molar-refractivity contribution in [1.29, 1.82) is 0 Å². The molecule has 13 heavy (non-hydrogen) atoms. The SMILES string of the molecule is CC(C)(CCl)NC1CCCCCC1. The van der Waals surface area contributed by atoms with Crippen molar-refractivity contribution >= 4 is 11.6 Å². The summed E-state index contributed by atoms with van der Waals surface area (Å²) in [5, 5.41) is 3.65. The van der Waals surface area contributed by atoms with Gasteiger partial charge in [-0.05, 0) is 26.7 Å². The van der Waals surface area contributed by atoms with E-state index in [-0.39, 0.29) is 5.54 Å². The first-order chi connectivity index (χ1) is 6.14. The van der Waals surface area contributed by atoms with Gasteiger partial charge >= 0.3 is 0 Å². The second kappa shape index (κ2) is 5.21. The molecular weight excluding hydrogens is 182 g/mol. The van der Waals surface area contributed by atoms with E-state index < -0.39 is 0 Å². The standard InChI is InChI=1S/C11H22ClN/c1-11(2,9-12)13-10-7-5-3-4-6-8-10/h10,13H,3-9H2,1-2H3. The first kappa shape index (κ1) is 11.3. The van der Waals surface area contributed by atoms with Gasteiger partial charge in [0.25, 0.3) is 0 Å². The van der Waals surface area contributed by atoms with Crippen molar-refractivity contribution < 1.29 is 0 Å². The Labute approximate surface area is 87.2 Å². The van der Waals surface area contributed by atoms with Crippen molar-refractivity contribution in [3.05, 3.63) is 0 Å². The third-order valence-electron chi connectivity index (χ3n) is 2.78. The molecule has 1 nitrogen and oxygen atoms in total. The predicted octanol–water partition coefficient (Wildman–Crippen LogP) is 3.32. The summed E-state index contributed by atoms with van der Waals surface area (Å²) in [5.74, 6) is 0.698. The first-order valence-electron chi connectivity index (χ1n) is 5.48. The Kier molecular flexibility index (Phi) is 4.54. The molecule has 0 aliphatic heterocycles. The topological polar surface area (TPSA) is 12.0 Å². The van der Waals surface area contributed by atoms with E-state index in [0.717, 1.165) is 0 Å². The second-order valence-electron chi connectivity index (χ2n) is 4.85. The van der Waals surface area contributed by atoms with Crippen LogP contribution in [0, 0.1) is 0 Å². The minimum Gasteiger partial charge on any atom is -0.308 e. The van der Waals surface area contributed by atoms with Gasteiger partial charge in [-0.3, -0.25) is 0 Å².